The third-order valence-electron chi connectivity index (χ3n) is 3.25. The van der Waals surface area contributed by atoms with Crippen LogP contribution >= 0.6 is 0 Å². The summed E-state index contributed by atoms with van der Waals surface area (Å²) in [5, 5.41) is 20.1. The molecule has 0 bridgehead atoms. The predicted octanol–water partition coefficient (Wildman–Crippen LogP) is 1.72. The zero-order valence-corrected chi connectivity index (χ0v) is 15.9. The van der Waals surface area contributed by atoms with E-state index >= 15 is 0 Å². The average Bonchev–Trinajstić information content (AvgIpc) is 2.59. The Labute approximate surface area is 150 Å². The second-order valence-corrected chi connectivity index (χ2v) is 4.81. The van der Waals surface area contributed by atoms with Crippen LogP contribution in [0.3, 0.4) is 0 Å². The topological polar surface area (TPSA) is 90.9 Å². The molecule has 24 heavy (non-hydrogen) atoms. The Morgan fingerprint density at radius 2 is 1.83 bits per heavy atom. The van der Waals surface area contributed by atoms with E-state index in [1.807, 2.05) is 12.1 Å². The van der Waals surface area contributed by atoms with Crippen molar-refractivity contribution in [2.24, 2.45) is 10.2 Å². The Morgan fingerprint density at radius 3 is 2.58 bits per heavy atom. The van der Waals surface area contributed by atoms with Crippen LogP contribution in [0.2, 0.25) is 0 Å². The Balaban J connectivity index is 0.00000208. The van der Waals surface area contributed by atoms with Crippen LogP contribution in [0.15, 0.2) is 74.3 Å². The zero-order chi connectivity index (χ0) is 16.2. The van der Waals surface area contributed by atoms with Crippen LogP contribution < -0.4 is 10.7 Å². The van der Waals surface area contributed by atoms with Gasteiger partial charge in [-0.1, -0.05) is 18.2 Å². The van der Waals surface area contributed by atoms with Gasteiger partial charge in [0.1, 0.15) is 5.58 Å². The van der Waals surface area contributed by atoms with Gasteiger partial charge in [0.05, 0.1) is 11.3 Å². The zero-order valence-electron chi connectivity index (χ0n) is 13.0. The summed E-state index contributed by atoms with van der Waals surface area (Å²) in [5.41, 5.74) is 0.944. The number of fused-ring (bicyclic) bond motifs is 1. The van der Waals surface area contributed by atoms with E-state index in [2.05, 4.69) is 15.2 Å². The van der Waals surface area contributed by atoms with E-state index in [0.29, 0.717) is 16.9 Å². The third-order valence-corrected chi connectivity index (χ3v) is 3.25. The number of hydrogen-bond acceptors (Lipinski definition) is 6. The molecular weight excluding hydrogens is 360 g/mol. The second kappa shape index (κ2) is 7.75. The van der Waals surface area contributed by atoms with E-state index < -0.39 is 11.5 Å². The molecule has 2 aromatic heterocycles. The van der Waals surface area contributed by atoms with Crippen LogP contribution in [0, 0.1) is 0 Å². The van der Waals surface area contributed by atoms with Gasteiger partial charge < -0.3 is 9.52 Å². The summed E-state index contributed by atoms with van der Waals surface area (Å²) in [4.78, 5) is 15.8. The van der Waals surface area contributed by atoms with Crippen LogP contribution in [0.5, 0.6) is 0 Å². The van der Waals surface area contributed by atoms with Gasteiger partial charge in [0.15, 0.2) is 0 Å². The fraction of sp³-hybridized carbons (Fsp3) is 0.0588. The summed E-state index contributed by atoms with van der Waals surface area (Å²) in [6, 6.07) is 11.9. The van der Waals surface area contributed by atoms with Crippen molar-refractivity contribution in [3.05, 3.63) is 76.4 Å². The third kappa shape index (κ3) is 3.81. The summed E-state index contributed by atoms with van der Waals surface area (Å²) < 4.78 is 5.23. The van der Waals surface area contributed by atoms with Gasteiger partial charge in [-0.15, -0.1) is 0 Å². The quantitative estimate of drug-likeness (QED) is 0.230. The summed E-state index contributed by atoms with van der Waals surface area (Å²) >= 11 is 0. The fourth-order valence-electron chi connectivity index (χ4n) is 2.04. The molecule has 0 spiro atoms. The molecule has 0 atom stereocenters. The van der Waals surface area contributed by atoms with Gasteiger partial charge in [-0.05, 0) is 36.8 Å². The van der Waals surface area contributed by atoms with E-state index in [4.69, 9.17) is 4.42 Å². The van der Waals surface area contributed by atoms with Crippen molar-refractivity contribution in [2.75, 3.05) is 0 Å². The van der Waals surface area contributed by atoms with Crippen molar-refractivity contribution in [3.8, 4) is 0 Å². The smallest absolute Gasteiger partial charge is 0.857 e. The molecule has 3 rings (SSSR count). The number of hydrogen-bond donors (Lipinski definition) is 0. The van der Waals surface area contributed by atoms with E-state index in [9.17, 15) is 9.90 Å². The standard InChI is InChI=1S/C17H13N3O3.Zn/c1-11(19-20-16(21)12-6-8-18-9-7-12)14-10-13-4-2-3-5-15(13)23-17(14)22;/h2-10H,1H3,(H,20,21);/q;+2/p-1/b19-11+;. The fourth-order valence-corrected chi connectivity index (χ4v) is 2.04. The first-order valence-corrected chi connectivity index (χ1v) is 6.88. The maximum absolute atomic E-state index is 12.0. The van der Waals surface area contributed by atoms with Gasteiger partial charge in [0.2, 0.25) is 0 Å². The van der Waals surface area contributed by atoms with Crippen molar-refractivity contribution in [1.29, 1.82) is 0 Å². The molecule has 0 aliphatic heterocycles. The monoisotopic (exact) mass is 370 g/mol. The van der Waals surface area contributed by atoms with Crippen LogP contribution in [0.4, 0.5) is 0 Å². The predicted molar refractivity (Wildman–Crippen MR) is 85.5 cm³/mol. The minimum Gasteiger partial charge on any atom is -0.857 e. The van der Waals surface area contributed by atoms with Crippen LogP contribution in [-0.4, -0.2) is 16.6 Å². The van der Waals surface area contributed by atoms with E-state index in [0.717, 1.165) is 5.39 Å². The molecule has 6 nitrogen and oxygen atoms in total. The molecule has 0 N–H and O–H groups in total. The van der Waals surface area contributed by atoms with Gasteiger partial charge >= 0.3 is 25.1 Å². The Bertz CT molecular complexity index is 965. The van der Waals surface area contributed by atoms with Crippen molar-refractivity contribution in [3.63, 3.8) is 0 Å². The van der Waals surface area contributed by atoms with Gasteiger partial charge in [-0.25, -0.2) is 4.79 Å². The largest absolute Gasteiger partial charge is 2.00 e. The van der Waals surface area contributed by atoms with Crippen LogP contribution in [0.25, 0.3) is 11.0 Å². The molecule has 0 aliphatic carbocycles. The van der Waals surface area contributed by atoms with Crippen molar-refractivity contribution >= 4 is 22.6 Å². The number of pyridine rings is 1. The normalized spacial score (nSPS) is 12.0. The summed E-state index contributed by atoms with van der Waals surface area (Å²) in [5.74, 6) is -0.503. The second-order valence-electron chi connectivity index (χ2n) is 4.81. The molecule has 0 fully saturated rings. The van der Waals surface area contributed by atoms with Crippen molar-refractivity contribution in [2.45, 2.75) is 6.92 Å². The Kier molecular flexibility index (Phi) is 5.71. The van der Waals surface area contributed by atoms with Crippen LogP contribution in [0.1, 0.15) is 18.1 Å². The molecule has 3 aromatic rings. The molecule has 0 radical (unpaired) electrons. The van der Waals surface area contributed by atoms with Gasteiger partial charge in [0, 0.05) is 23.7 Å². The van der Waals surface area contributed by atoms with Crippen molar-refractivity contribution < 1.29 is 29.0 Å². The number of nitrogens with zero attached hydrogens (tertiary/aromatic N) is 3. The number of aromatic nitrogens is 1. The summed E-state index contributed by atoms with van der Waals surface area (Å²) in [6.45, 7) is 1.60. The van der Waals surface area contributed by atoms with E-state index in [1.54, 1.807) is 37.3 Å². The summed E-state index contributed by atoms with van der Waals surface area (Å²) in [6.07, 6.45) is 2.99. The molecule has 7 heteroatoms. The van der Waals surface area contributed by atoms with Crippen LogP contribution in [-0.2, 0) is 19.5 Å². The molecule has 2 heterocycles. The number of rotatable bonds is 3. The molecule has 114 valence electrons. The summed E-state index contributed by atoms with van der Waals surface area (Å²) in [7, 11) is 0. The Hall–Kier alpha value is -2.66. The molecule has 0 saturated heterocycles. The minimum absolute atomic E-state index is 0. The number of benzene rings is 1. The average molecular weight is 372 g/mol. The van der Waals surface area contributed by atoms with Gasteiger partial charge in [-0.2, -0.15) is 10.2 Å². The van der Waals surface area contributed by atoms with Crippen molar-refractivity contribution in [1.82, 2.24) is 4.98 Å². The molecule has 1 aromatic carbocycles. The maximum Gasteiger partial charge on any atom is 2.00 e. The molecule has 0 amide bonds. The minimum atomic E-state index is -0.517. The number of para-hydroxylation sites is 1. The molecule has 0 aliphatic rings. The maximum atomic E-state index is 12.0. The van der Waals surface area contributed by atoms with Gasteiger partial charge in [-0.3, -0.25) is 4.98 Å². The first-order valence-electron chi connectivity index (χ1n) is 6.88. The molecule has 0 unspecified atom stereocenters. The van der Waals surface area contributed by atoms with E-state index in [1.165, 1.54) is 12.4 Å². The Morgan fingerprint density at radius 1 is 1.12 bits per heavy atom. The first-order chi connectivity index (χ1) is 11.1. The molecular formula is C17H12N3O3Zn+. The first kappa shape index (κ1) is 17.7. The van der Waals surface area contributed by atoms with E-state index in [-0.39, 0.29) is 25.0 Å². The SMILES string of the molecule is C/C(=N\N=C(/[O-])c1ccncc1)c1cc2ccccc2oc1=O.[Zn+2]. The van der Waals surface area contributed by atoms with Gasteiger partial charge in [0.25, 0.3) is 0 Å². The molecule has 0 saturated carbocycles.